The Hall–Kier alpha value is -4.64. The maximum Gasteiger partial charge on any atom is 0.326 e. The van der Waals surface area contributed by atoms with Gasteiger partial charge >= 0.3 is 5.97 Å². The molecule has 246 valence electrons. The molecule has 0 aromatic heterocycles. The SMILES string of the molecule is NCCCCC(N)C(=O)NC(CCCN=C(N)N)C(=O)NC(Cc1ccc(O)cc1)C(=O)NC(CCCN=C(N)N)C(=O)O. The van der Waals surface area contributed by atoms with Crippen molar-refractivity contribution >= 4 is 35.6 Å². The first-order chi connectivity index (χ1) is 20.8. The number of nitrogens with two attached hydrogens (primary N) is 6. The van der Waals surface area contributed by atoms with Crippen molar-refractivity contribution in [3.05, 3.63) is 29.8 Å². The van der Waals surface area contributed by atoms with Gasteiger partial charge in [0, 0.05) is 19.5 Å². The van der Waals surface area contributed by atoms with Gasteiger partial charge in [0.25, 0.3) is 0 Å². The Balaban J connectivity index is 3.16. The van der Waals surface area contributed by atoms with Crippen molar-refractivity contribution < 1.29 is 29.4 Å². The zero-order chi connectivity index (χ0) is 33.1. The van der Waals surface area contributed by atoms with Crippen LogP contribution in [0.4, 0.5) is 0 Å². The number of phenols is 1. The van der Waals surface area contributed by atoms with Gasteiger partial charge in [-0.15, -0.1) is 0 Å². The number of nitrogens with one attached hydrogen (secondary N) is 3. The van der Waals surface area contributed by atoms with Crippen LogP contribution in [0, 0.1) is 0 Å². The normalized spacial score (nSPS) is 13.4. The maximum absolute atomic E-state index is 13.5. The summed E-state index contributed by atoms with van der Waals surface area (Å²) in [5.74, 6) is -3.60. The summed E-state index contributed by atoms with van der Waals surface area (Å²) in [4.78, 5) is 59.3. The number of nitrogens with zero attached hydrogens (tertiary/aromatic N) is 2. The lowest BCUT2D eigenvalue weighted by atomic mass is 10.0. The van der Waals surface area contributed by atoms with E-state index in [1.807, 2.05) is 0 Å². The van der Waals surface area contributed by atoms with E-state index in [-0.39, 0.29) is 56.4 Å². The van der Waals surface area contributed by atoms with Crippen LogP contribution in [0.15, 0.2) is 34.3 Å². The fourth-order valence-corrected chi connectivity index (χ4v) is 4.07. The van der Waals surface area contributed by atoms with Crippen LogP contribution in [0.5, 0.6) is 5.75 Å². The molecule has 0 bridgehead atoms. The molecule has 0 fully saturated rings. The first-order valence-corrected chi connectivity index (χ1v) is 14.3. The third-order valence-corrected chi connectivity index (χ3v) is 6.45. The lowest BCUT2D eigenvalue weighted by Gasteiger charge is -2.25. The van der Waals surface area contributed by atoms with Gasteiger partial charge in [0.1, 0.15) is 23.9 Å². The molecular weight excluding hydrogens is 574 g/mol. The number of aromatic hydroxyl groups is 1. The van der Waals surface area contributed by atoms with Crippen LogP contribution in [0.3, 0.4) is 0 Å². The Kier molecular flexibility index (Phi) is 17.2. The molecule has 1 rings (SSSR count). The number of aliphatic imine (C=N–C) groups is 2. The lowest BCUT2D eigenvalue weighted by molar-refractivity contribution is -0.142. The van der Waals surface area contributed by atoms with Gasteiger partial charge in [-0.25, -0.2) is 4.79 Å². The van der Waals surface area contributed by atoms with Crippen molar-refractivity contribution in [2.45, 2.75) is 75.5 Å². The van der Waals surface area contributed by atoms with Crippen molar-refractivity contribution in [1.29, 1.82) is 0 Å². The highest BCUT2D eigenvalue weighted by atomic mass is 16.4. The smallest absolute Gasteiger partial charge is 0.326 e. The van der Waals surface area contributed by atoms with E-state index in [0.29, 0.717) is 37.8 Å². The molecule has 0 aliphatic rings. The molecule has 3 amide bonds. The number of hydrogen-bond donors (Lipinski definition) is 11. The number of guanidine groups is 2. The Labute approximate surface area is 256 Å². The fraction of sp³-hybridized carbons (Fsp3) is 0.556. The summed E-state index contributed by atoms with van der Waals surface area (Å²) in [7, 11) is 0. The van der Waals surface area contributed by atoms with Crippen molar-refractivity contribution in [2.24, 2.45) is 44.4 Å². The van der Waals surface area contributed by atoms with E-state index in [1.165, 1.54) is 12.1 Å². The van der Waals surface area contributed by atoms with Gasteiger partial charge in [-0.2, -0.15) is 0 Å². The Morgan fingerprint density at radius 2 is 1.20 bits per heavy atom. The second kappa shape index (κ2) is 20.3. The molecule has 44 heavy (non-hydrogen) atoms. The summed E-state index contributed by atoms with van der Waals surface area (Å²) in [5, 5.41) is 27.1. The monoisotopic (exact) mass is 621 g/mol. The molecule has 1 aromatic carbocycles. The number of phenolic OH excluding ortho intramolecular Hbond substituents is 1. The Morgan fingerprint density at radius 3 is 1.73 bits per heavy atom. The zero-order valence-corrected chi connectivity index (χ0v) is 24.8. The van der Waals surface area contributed by atoms with E-state index in [2.05, 4.69) is 25.9 Å². The topological polar surface area (TPSA) is 326 Å². The molecule has 0 radical (unpaired) electrons. The molecule has 17 nitrogen and oxygen atoms in total. The van der Waals surface area contributed by atoms with Crippen LogP contribution < -0.4 is 50.4 Å². The van der Waals surface area contributed by atoms with E-state index in [0.717, 1.165) is 0 Å². The van der Waals surface area contributed by atoms with Crippen LogP contribution in [-0.4, -0.2) is 89.6 Å². The zero-order valence-electron chi connectivity index (χ0n) is 24.8. The summed E-state index contributed by atoms with van der Waals surface area (Å²) in [6, 6.07) is 1.40. The second-order valence-electron chi connectivity index (χ2n) is 10.2. The molecule has 17 heteroatoms. The number of carbonyl (C=O) groups excluding carboxylic acids is 3. The van der Waals surface area contributed by atoms with Gasteiger partial charge in [-0.1, -0.05) is 18.6 Å². The fourth-order valence-electron chi connectivity index (χ4n) is 4.07. The third kappa shape index (κ3) is 15.5. The van der Waals surface area contributed by atoms with Crippen LogP contribution in [0.25, 0.3) is 0 Å². The van der Waals surface area contributed by atoms with Gasteiger partial charge in [-0.3, -0.25) is 24.4 Å². The number of carboxylic acids is 1. The Bertz CT molecular complexity index is 1120. The number of rotatable bonds is 21. The molecule has 1 aromatic rings. The average molecular weight is 622 g/mol. The largest absolute Gasteiger partial charge is 0.508 e. The van der Waals surface area contributed by atoms with Gasteiger partial charge < -0.3 is 60.6 Å². The minimum atomic E-state index is -1.29. The number of unbranched alkanes of at least 4 members (excludes halogenated alkanes) is 1. The number of hydrogen-bond acceptors (Lipinski definition) is 9. The molecular formula is C27H47N11O6. The molecule has 0 saturated carbocycles. The minimum absolute atomic E-state index is 0.00291. The first kappa shape index (κ1) is 37.4. The highest BCUT2D eigenvalue weighted by Crippen LogP contribution is 2.13. The van der Waals surface area contributed by atoms with Crippen LogP contribution >= 0.6 is 0 Å². The summed E-state index contributed by atoms with van der Waals surface area (Å²) < 4.78 is 0. The minimum Gasteiger partial charge on any atom is -0.508 e. The predicted octanol–water partition coefficient (Wildman–Crippen LogP) is -2.96. The Morgan fingerprint density at radius 1 is 0.705 bits per heavy atom. The predicted molar refractivity (Wildman–Crippen MR) is 166 cm³/mol. The number of carboxylic acid groups (broad SMARTS) is 1. The molecule has 0 saturated heterocycles. The molecule has 0 spiro atoms. The first-order valence-electron chi connectivity index (χ1n) is 14.3. The van der Waals surface area contributed by atoms with Crippen molar-refractivity contribution in [2.75, 3.05) is 19.6 Å². The van der Waals surface area contributed by atoms with Gasteiger partial charge in [-0.05, 0) is 62.8 Å². The van der Waals surface area contributed by atoms with Gasteiger partial charge in [0.2, 0.25) is 17.7 Å². The number of amides is 3. The lowest BCUT2D eigenvalue weighted by Crippen LogP contribution is -2.57. The number of benzene rings is 1. The molecule has 17 N–H and O–H groups in total. The van der Waals surface area contributed by atoms with E-state index in [4.69, 9.17) is 34.4 Å². The van der Waals surface area contributed by atoms with Gasteiger partial charge in [0.15, 0.2) is 11.9 Å². The van der Waals surface area contributed by atoms with Crippen molar-refractivity contribution in [3.8, 4) is 5.75 Å². The summed E-state index contributed by atoms with van der Waals surface area (Å²) in [5.41, 5.74) is 33.4. The summed E-state index contributed by atoms with van der Waals surface area (Å²) in [6.45, 7) is 0.793. The van der Waals surface area contributed by atoms with Crippen LogP contribution in [0.2, 0.25) is 0 Å². The number of aliphatic carboxylic acids is 1. The van der Waals surface area contributed by atoms with E-state index >= 15 is 0 Å². The van der Waals surface area contributed by atoms with Gasteiger partial charge in [0.05, 0.1) is 6.04 Å². The summed E-state index contributed by atoms with van der Waals surface area (Å²) in [6.07, 6.45) is 2.32. The van der Waals surface area contributed by atoms with Crippen molar-refractivity contribution in [1.82, 2.24) is 16.0 Å². The van der Waals surface area contributed by atoms with Crippen LogP contribution in [0.1, 0.15) is 50.5 Å². The van der Waals surface area contributed by atoms with Crippen molar-refractivity contribution in [3.63, 3.8) is 0 Å². The third-order valence-electron chi connectivity index (χ3n) is 6.45. The average Bonchev–Trinajstić information content (AvgIpc) is 2.96. The number of carbonyl (C=O) groups is 4. The standard InChI is InChI=1S/C27H47N11O6/c28-12-2-1-5-18(29)22(40)36-19(6-3-13-34-26(30)31)23(41)38-21(15-16-8-10-17(39)11-9-16)24(42)37-20(25(43)44)7-4-14-35-27(32)33/h8-11,18-21,39H,1-7,12-15,28-29H2,(H,36,40)(H,37,42)(H,38,41)(H,43,44)(H4,30,31,34)(H4,32,33,35). The van der Waals surface area contributed by atoms with Crippen LogP contribution in [-0.2, 0) is 25.6 Å². The second-order valence-corrected chi connectivity index (χ2v) is 10.2. The molecule has 4 unspecified atom stereocenters. The summed E-state index contributed by atoms with van der Waals surface area (Å²) >= 11 is 0. The molecule has 0 aliphatic carbocycles. The highest BCUT2D eigenvalue weighted by molar-refractivity contribution is 5.94. The van der Waals surface area contributed by atoms with E-state index < -0.39 is 47.9 Å². The highest BCUT2D eigenvalue weighted by Gasteiger charge is 2.30. The molecule has 4 atom stereocenters. The molecule has 0 heterocycles. The quantitative estimate of drug-likeness (QED) is 0.0372. The van der Waals surface area contributed by atoms with E-state index in [1.54, 1.807) is 12.1 Å². The molecule has 0 aliphatic heterocycles. The van der Waals surface area contributed by atoms with E-state index in [9.17, 15) is 29.4 Å². The maximum atomic E-state index is 13.5.